The van der Waals surface area contributed by atoms with Crippen LogP contribution in [-0.4, -0.2) is 41.9 Å². The molecule has 17 heavy (non-hydrogen) atoms. The number of carbonyl (C=O) groups is 2. The van der Waals surface area contributed by atoms with Gasteiger partial charge in [-0.1, -0.05) is 0 Å². The van der Waals surface area contributed by atoms with Crippen LogP contribution in [0.2, 0.25) is 0 Å². The molecule has 1 unspecified atom stereocenters. The summed E-state index contributed by atoms with van der Waals surface area (Å²) in [5.74, 6) is -3.03. The molecule has 92 valence electrons. The summed E-state index contributed by atoms with van der Waals surface area (Å²) >= 11 is 0. The fourth-order valence-electron chi connectivity index (χ4n) is 0.640. The summed E-state index contributed by atoms with van der Waals surface area (Å²) in [5, 5.41) is 6.12. The van der Waals surface area contributed by atoms with Crippen LogP contribution in [0, 0.1) is 0 Å². The largest absolute Gasteiger partial charge is 1.00 e. The van der Waals surface area contributed by atoms with E-state index in [4.69, 9.17) is 9.66 Å². The van der Waals surface area contributed by atoms with E-state index in [1.807, 2.05) is 0 Å². The molecule has 0 bridgehead atoms. The summed E-state index contributed by atoms with van der Waals surface area (Å²) < 4.78 is 29.8. The maximum Gasteiger partial charge on any atom is 1.00 e. The Morgan fingerprint density at radius 3 is 2.12 bits per heavy atom. The molecule has 0 aromatic rings. The molecule has 0 spiro atoms. The van der Waals surface area contributed by atoms with Crippen molar-refractivity contribution in [1.82, 2.24) is 0 Å². The fourth-order valence-corrected chi connectivity index (χ4v) is 1.28. The molecule has 0 aromatic heterocycles. The first-order valence-corrected chi connectivity index (χ1v) is 5.30. The van der Waals surface area contributed by atoms with Crippen molar-refractivity contribution in [3.63, 3.8) is 0 Å². The molecule has 2 N–H and O–H groups in total. The molecule has 0 amide bonds. The molecule has 1 atom stereocenters. The minimum atomic E-state index is -4.83. The van der Waals surface area contributed by atoms with E-state index < -0.39 is 33.7 Å². The molecule has 0 aromatic carbocycles. The predicted molar refractivity (Wildman–Crippen MR) is 47.5 cm³/mol. The number of hydrogen-bond donors (Lipinski definition) is 2. The second kappa shape index (κ2) is 9.98. The zero-order chi connectivity index (χ0) is 12.1. The fraction of sp³-hybridized carbons (Fsp3) is 0.667. The van der Waals surface area contributed by atoms with E-state index in [1.165, 1.54) is 6.92 Å². The van der Waals surface area contributed by atoms with Crippen LogP contribution in [0.25, 0.3) is 0 Å². The summed E-state index contributed by atoms with van der Waals surface area (Å²) in [4.78, 5) is 29.2. The van der Waals surface area contributed by atoms with Crippen molar-refractivity contribution in [2.45, 2.75) is 18.6 Å². The number of carboxylic acids is 1. The van der Waals surface area contributed by atoms with Gasteiger partial charge in [0.2, 0.25) is 0 Å². The Hall–Kier alpha value is 0.00481. The van der Waals surface area contributed by atoms with Crippen LogP contribution >= 0.6 is 0 Å². The van der Waals surface area contributed by atoms with E-state index in [-0.39, 0.29) is 47.2 Å². The molecule has 0 radical (unpaired) electrons. The third-order valence-electron chi connectivity index (χ3n) is 1.24. The number of aliphatic carboxylic acids is 1. The van der Waals surface area contributed by atoms with Crippen LogP contribution in [0.1, 0.15) is 16.2 Å². The first-order chi connectivity index (χ1) is 6.79. The molecule has 0 aliphatic rings. The molecule has 0 saturated carbocycles. The quantitative estimate of drug-likeness (QED) is 0.208. The maximum absolute atomic E-state index is 10.9. The predicted octanol–water partition coefficient (Wildman–Crippen LogP) is -6.55. The van der Waals surface area contributed by atoms with Gasteiger partial charge in [0, 0.05) is 0 Å². The van der Waals surface area contributed by atoms with Gasteiger partial charge in [-0.3, -0.25) is 14.2 Å². The van der Waals surface area contributed by atoms with Gasteiger partial charge < -0.3 is 7.96 Å². The smallest absolute Gasteiger partial charge is 1.00 e. The van der Waals surface area contributed by atoms with Crippen LogP contribution < -0.4 is 37.7 Å². The Morgan fingerprint density at radius 2 is 1.82 bits per heavy atom. The first-order valence-electron chi connectivity index (χ1n) is 3.80. The third-order valence-corrected chi connectivity index (χ3v) is 2.32. The normalized spacial score (nSPS) is 11.6. The Bertz CT molecular complexity index is 349. The first kappa shape index (κ1) is 22.2. The van der Waals surface area contributed by atoms with Crippen LogP contribution in [-0.2, 0) is 29.5 Å². The number of carbonyl (C=O) groups excluding carboxylic acids is 1. The summed E-state index contributed by atoms with van der Waals surface area (Å²) in [6.45, 7) is 1.43. The van der Waals surface area contributed by atoms with E-state index in [0.717, 1.165) is 0 Å². The second-order valence-corrected chi connectivity index (χ2v) is 4.01. The number of carboxylic acid groups (broad SMARTS) is 1. The molecule has 8 nitrogen and oxygen atoms in total. The van der Waals surface area contributed by atoms with Crippen molar-refractivity contribution < 1.29 is 78.0 Å². The summed E-state index contributed by atoms with van der Waals surface area (Å²) in [7, 11) is -4.83. The minimum Gasteiger partial charge on any atom is -1.00 e. The van der Waals surface area contributed by atoms with E-state index >= 15 is 0 Å². The van der Waals surface area contributed by atoms with Gasteiger partial charge in [-0.25, -0.2) is 4.79 Å². The van der Waals surface area contributed by atoms with Gasteiger partial charge in [-0.05, 0) is 6.92 Å². The van der Waals surface area contributed by atoms with E-state index in [1.54, 1.807) is 0 Å². The minimum absolute atomic E-state index is 0. The molecule has 0 aliphatic heterocycles. The molecule has 0 aliphatic carbocycles. The Kier molecular flexibility index (Phi) is 13.0. The van der Waals surface area contributed by atoms with Gasteiger partial charge in [-0.2, -0.15) is 13.3 Å². The van der Waals surface area contributed by atoms with Crippen molar-refractivity contribution in [2.24, 2.45) is 0 Å². The molecule has 0 fully saturated rings. The van der Waals surface area contributed by atoms with Crippen LogP contribution in [0.15, 0.2) is 0 Å². The van der Waals surface area contributed by atoms with E-state index in [9.17, 15) is 18.0 Å². The average molecular weight is 258 g/mol. The van der Waals surface area contributed by atoms with Crippen molar-refractivity contribution in [3.05, 3.63) is 0 Å². The molecular weight excluding hydrogens is 246 g/mol. The number of hydrogen-bond acceptors (Lipinski definition) is 6. The van der Waals surface area contributed by atoms with Gasteiger partial charge >= 0.3 is 49.7 Å². The molecule has 0 heterocycles. The summed E-state index contributed by atoms with van der Waals surface area (Å²) in [6, 6.07) is 0. The van der Waals surface area contributed by atoms with Crippen LogP contribution in [0.4, 0.5) is 0 Å². The van der Waals surface area contributed by atoms with Gasteiger partial charge in [0.15, 0.2) is 5.25 Å². The second-order valence-electron chi connectivity index (χ2n) is 2.41. The Labute approximate surface area is 125 Å². The molecule has 0 saturated heterocycles. The van der Waals surface area contributed by atoms with Crippen molar-refractivity contribution in [3.8, 4) is 0 Å². The SMILES string of the molecule is CCOOC(=O)C(CC(=O)O)S(=O)(=O)O.[H-].[H-].[Li+].[Li+]. The van der Waals surface area contributed by atoms with Gasteiger partial charge in [-0.15, -0.1) is 0 Å². The Morgan fingerprint density at radius 1 is 1.35 bits per heavy atom. The van der Waals surface area contributed by atoms with Gasteiger partial charge in [0.25, 0.3) is 10.1 Å². The van der Waals surface area contributed by atoms with E-state index in [0.29, 0.717) is 0 Å². The maximum atomic E-state index is 10.9. The molecule has 11 heteroatoms. The van der Waals surface area contributed by atoms with Crippen LogP contribution in [0.3, 0.4) is 0 Å². The van der Waals surface area contributed by atoms with Crippen LogP contribution in [0.5, 0.6) is 0 Å². The van der Waals surface area contributed by atoms with E-state index in [2.05, 4.69) is 9.78 Å². The average Bonchev–Trinajstić information content (AvgIpc) is 2.08. The van der Waals surface area contributed by atoms with Crippen molar-refractivity contribution in [1.29, 1.82) is 0 Å². The van der Waals surface area contributed by atoms with Gasteiger partial charge in [0.05, 0.1) is 13.0 Å². The summed E-state index contributed by atoms with van der Waals surface area (Å²) in [5.41, 5.74) is 0. The molecule has 0 rings (SSSR count). The number of rotatable bonds is 6. The monoisotopic (exact) mass is 258 g/mol. The summed E-state index contributed by atoms with van der Waals surface area (Å²) in [6.07, 6.45) is -1.09. The standard InChI is InChI=1S/C6H10O8S.2Li.2H/c1-2-13-14-6(9)4(3-5(7)8)15(10,11)12;;;;/h4H,2-3H2,1H3,(H,7,8)(H,10,11,12);;;;/q;2*+1;2*-1. The van der Waals surface area contributed by atoms with Crippen molar-refractivity contribution >= 4 is 22.1 Å². The van der Waals surface area contributed by atoms with Crippen molar-refractivity contribution in [2.75, 3.05) is 6.61 Å². The topological polar surface area (TPSA) is 127 Å². The van der Waals surface area contributed by atoms with Gasteiger partial charge in [0.1, 0.15) is 0 Å². The zero-order valence-electron chi connectivity index (χ0n) is 11.7. The molecular formula is C6H12Li2O8S. The third kappa shape index (κ3) is 9.68. The zero-order valence-corrected chi connectivity index (χ0v) is 10.6. The Balaban J connectivity index is -0.000000163.